The molecule has 0 saturated carbocycles. The predicted octanol–water partition coefficient (Wildman–Crippen LogP) is 19.5. The summed E-state index contributed by atoms with van der Waals surface area (Å²) in [6.07, 6.45) is 0. The van der Waals surface area contributed by atoms with Crippen molar-refractivity contribution in [2.75, 3.05) is 18.6 Å². The second-order valence-corrected chi connectivity index (χ2v) is 20.5. The first-order chi connectivity index (χ1) is 42.0. The van der Waals surface area contributed by atoms with E-state index in [0.717, 1.165) is 77.2 Å². The Morgan fingerprint density at radius 3 is 1.38 bits per heavy atom. The molecule has 8 N–H and O–H groups in total. The number of nitrogens with two attached hydrogens (primary N) is 2. The zero-order valence-corrected chi connectivity index (χ0v) is 49.0. The van der Waals surface area contributed by atoms with Gasteiger partial charge in [-0.2, -0.15) is 15.3 Å². The molecular formula is C70H64N12O5. The lowest BCUT2D eigenvalue weighted by molar-refractivity contribution is 0.416. The lowest BCUT2D eigenvalue weighted by atomic mass is 10.1. The quantitative estimate of drug-likeness (QED) is 0.0569. The zero-order valence-electron chi connectivity index (χ0n) is 49.0. The lowest BCUT2D eigenvalue weighted by Gasteiger charge is -2.06. The summed E-state index contributed by atoms with van der Waals surface area (Å²) in [7, 11) is 1.59. The maximum Gasteiger partial charge on any atom is 0.299 e. The van der Waals surface area contributed by atoms with Gasteiger partial charge in [-0.25, -0.2) is 4.68 Å². The number of ether oxygens (including phenoxy) is 1. The Labute approximate surface area is 502 Å². The average molecular weight is 1150 g/mol. The highest BCUT2D eigenvalue weighted by atomic mass is 16.5. The minimum absolute atomic E-state index is 0.108. The van der Waals surface area contributed by atoms with E-state index in [4.69, 9.17) is 16.2 Å². The summed E-state index contributed by atoms with van der Waals surface area (Å²) in [5.41, 5.74) is 24.0. The van der Waals surface area contributed by atoms with Crippen LogP contribution in [0.3, 0.4) is 0 Å². The topological polar surface area (TPSA) is 259 Å². The van der Waals surface area contributed by atoms with E-state index in [2.05, 4.69) is 46.0 Å². The minimum Gasteiger partial charge on any atom is -0.506 e. The molecule has 0 unspecified atom stereocenters. The van der Waals surface area contributed by atoms with Gasteiger partial charge in [-0.1, -0.05) is 114 Å². The van der Waals surface area contributed by atoms with Crippen LogP contribution in [0.4, 0.5) is 56.9 Å². The summed E-state index contributed by atoms with van der Waals surface area (Å²) in [5.74, 6) is 0.986. The monoisotopic (exact) mass is 1150 g/mol. The fourth-order valence-electron chi connectivity index (χ4n) is 9.04. The van der Waals surface area contributed by atoms with E-state index < -0.39 is 0 Å². The molecule has 0 fully saturated rings. The number of hydrogen-bond donors (Lipinski definition) is 6. The number of hydrogen-bond acceptors (Lipinski definition) is 15. The van der Waals surface area contributed by atoms with Crippen molar-refractivity contribution in [2.24, 2.45) is 40.9 Å². The molecule has 12 rings (SSSR count). The third kappa shape index (κ3) is 15.2. The van der Waals surface area contributed by atoms with Crippen LogP contribution >= 0.6 is 0 Å². The summed E-state index contributed by atoms with van der Waals surface area (Å²) >= 11 is 0. The number of H-pyrrole nitrogens is 1. The van der Waals surface area contributed by atoms with E-state index in [9.17, 15) is 20.1 Å². The molecule has 0 saturated heterocycles. The Balaban J connectivity index is 0.000000138. The van der Waals surface area contributed by atoms with E-state index in [-0.39, 0.29) is 22.8 Å². The number of benzene rings is 11. The van der Waals surface area contributed by atoms with Crippen molar-refractivity contribution in [3.8, 4) is 28.7 Å². The standard InChI is InChI=1S/C18H17N3O.C18H16N2O2.C17H16N4O.C17H15N3O/c1-11-3-4-13-5-8-17(22)18(15(13)9-11)21-20-14-6-7-16(19)12(2)10-14;1-12-7-8-13-9-10-16(21)18(14(13)11-12)20-19-15-5-3-4-6-17(15)22-2;1-12-7-6-8-14(11-12)18-19-16-13(2)20-21(17(16)22)15-9-4-3-5-10-15;1-11-2-3-12-4-9-16(21)17(15(12)10-11)20-19-14-7-5-13(18)6-8-14/h3-10,22H,19H2,1-2H3;3-11,21H,1-2H3;3-11,20H,1-2H3;2-10,21H,18H2,1H3. The van der Waals surface area contributed by atoms with Crippen molar-refractivity contribution in [2.45, 2.75) is 41.5 Å². The summed E-state index contributed by atoms with van der Waals surface area (Å²) in [6.45, 7) is 11.7. The molecule has 0 atom stereocenters. The average Bonchev–Trinajstić information content (AvgIpc) is 2.00. The first-order valence-electron chi connectivity index (χ1n) is 27.6. The molecule has 17 heteroatoms. The van der Waals surface area contributed by atoms with Gasteiger partial charge in [-0.3, -0.25) is 9.89 Å². The summed E-state index contributed by atoms with van der Waals surface area (Å²) in [5, 5.41) is 72.6. The molecular weight excluding hydrogens is 1090 g/mol. The van der Waals surface area contributed by atoms with Crippen LogP contribution in [0.15, 0.2) is 258 Å². The number of aromatic hydroxyl groups is 3. The molecule has 0 amide bonds. The first-order valence-corrected chi connectivity index (χ1v) is 27.6. The Morgan fingerprint density at radius 1 is 0.414 bits per heavy atom. The van der Waals surface area contributed by atoms with Crippen LogP contribution in [-0.2, 0) is 0 Å². The van der Waals surface area contributed by atoms with Gasteiger partial charge in [-0.05, 0) is 184 Å². The Kier molecular flexibility index (Phi) is 19.1. The second kappa shape index (κ2) is 27.7. The number of para-hydroxylation sites is 2. The van der Waals surface area contributed by atoms with Crippen molar-refractivity contribution < 1.29 is 20.1 Å². The Hall–Kier alpha value is -11.6. The van der Waals surface area contributed by atoms with Crippen molar-refractivity contribution in [1.82, 2.24) is 9.78 Å². The number of methoxy groups -OCH3 is 1. The number of aromatic amines is 1. The van der Waals surface area contributed by atoms with Crippen LogP contribution in [0.2, 0.25) is 0 Å². The molecule has 434 valence electrons. The number of anilines is 2. The molecule has 1 heterocycles. The predicted molar refractivity (Wildman–Crippen MR) is 349 cm³/mol. The van der Waals surface area contributed by atoms with E-state index in [0.29, 0.717) is 56.9 Å². The number of rotatable bonds is 10. The molecule has 11 aromatic carbocycles. The van der Waals surface area contributed by atoms with E-state index in [1.165, 1.54) is 4.68 Å². The Bertz CT molecular complexity index is 4600. The number of aryl methyl sites for hydroxylation is 6. The smallest absolute Gasteiger partial charge is 0.299 e. The third-order valence-electron chi connectivity index (χ3n) is 13.7. The highest BCUT2D eigenvalue weighted by Gasteiger charge is 2.13. The second-order valence-electron chi connectivity index (χ2n) is 20.5. The summed E-state index contributed by atoms with van der Waals surface area (Å²) in [4.78, 5) is 12.5. The van der Waals surface area contributed by atoms with E-state index >= 15 is 0 Å². The maximum absolute atomic E-state index is 12.5. The van der Waals surface area contributed by atoms with Gasteiger partial charge in [0.05, 0.1) is 35.6 Å². The molecule has 12 aromatic rings. The molecule has 0 aliphatic rings. The van der Waals surface area contributed by atoms with Crippen molar-refractivity contribution in [1.29, 1.82) is 0 Å². The number of nitrogen functional groups attached to an aromatic ring is 2. The Morgan fingerprint density at radius 2 is 0.862 bits per heavy atom. The molecule has 87 heavy (non-hydrogen) atoms. The first kappa shape index (κ1) is 60.0. The van der Waals surface area contributed by atoms with Gasteiger partial charge in [0, 0.05) is 27.5 Å². The lowest BCUT2D eigenvalue weighted by Crippen LogP contribution is -2.13. The number of nitrogens with one attached hydrogen (secondary N) is 1. The molecule has 0 bridgehead atoms. The van der Waals surface area contributed by atoms with Crippen LogP contribution in [0.5, 0.6) is 23.0 Å². The molecule has 1 aromatic heterocycles. The van der Waals surface area contributed by atoms with Gasteiger partial charge < -0.3 is 31.5 Å². The van der Waals surface area contributed by atoms with Gasteiger partial charge in [0.2, 0.25) is 0 Å². The summed E-state index contributed by atoms with van der Waals surface area (Å²) in [6, 6.07) is 65.6. The number of phenolic OH excluding ortho intramolecular Hbond substituents is 3. The third-order valence-corrected chi connectivity index (χ3v) is 13.7. The van der Waals surface area contributed by atoms with Crippen LogP contribution in [0, 0.1) is 41.5 Å². The highest BCUT2D eigenvalue weighted by molar-refractivity contribution is 5.97. The van der Waals surface area contributed by atoms with Crippen molar-refractivity contribution in [3.05, 3.63) is 256 Å². The number of fused-ring (bicyclic) bond motifs is 3. The molecule has 17 nitrogen and oxygen atoms in total. The number of aromatic nitrogens is 2. The normalized spacial score (nSPS) is 11.3. The molecule has 0 aliphatic carbocycles. The van der Waals surface area contributed by atoms with Gasteiger partial charge >= 0.3 is 0 Å². The van der Waals surface area contributed by atoms with Crippen molar-refractivity contribution >= 4 is 89.2 Å². The fourth-order valence-corrected chi connectivity index (χ4v) is 9.04. The molecule has 0 radical (unpaired) electrons. The summed E-state index contributed by atoms with van der Waals surface area (Å²) < 4.78 is 6.73. The number of azo groups is 4. The number of nitrogens with zero attached hydrogens (tertiary/aromatic N) is 9. The van der Waals surface area contributed by atoms with Crippen LogP contribution in [0.1, 0.15) is 33.5 Å². The van der Waals surface area contributed by atoms with Crippen LogP contribution in [0.25, 0.3) is 38.0 Å². The maximum atomic E-state index is 12.5. The largest absolute Gasteiger partial charge is 0.506 e. The number of phenols is 3. The van der Waals surface area contributed by atoms with Gasteiger partial charge in [0.1, 0.15) is 45.7 Å². The highest BCUT2D eigenvalue weighted by Crippen LogP contribution is 2.40. The SMILES string of the molecule is COc1ccccc1N=Nc1c(O)ccc2ccc(C)cc12.Cc1ccc2ccc(O)c(N=Nc3ccc(N)c(C)c3)c2c1.Cc1ccc2ccc(O)c(N=Nc3ccc(N)cc3)c2c1.Cc1cccc(N=Nc2c(C)[nH]n(-c3ccccc3)c2=O)c1. The van der Waals surface area contributed by atoms with E-state index in [1.807, 2.05) is 199 Å². The fraction of sp³-hybridized carbons (Fsp3) is 0.100. The molecule has 0 spiro atoms. The minimum atomic E-state index is -0.208. The van der Waals surface area contributed by atoms with Gasteiger partial charge in [0.25, 0.3) is 5.56 Å². The van der Waals surface area contributed by atoms with Crippen molar-refractivity contribution in [3.63, 3.8) is 0 Å². The van der Waals surface area contributed by atoms with Gasteiger partial charge in [-0.15, -0.1) is 25.6 Å². The van der Waals surface area contributed by atoms with Crippen LogP contribution in [-0.4, -0.2) is 32.2 Å². The molecule has 0 aliphatic heterocycles. The van der Waals surface area contributed by atoms with E-state index in [1.54, 1.807) is 61.7 Å². The van der Waals surface area contributed by atoms with Gasteiger partial charge in [0.15, 0.2) is 5.69 Å². The zero-order chi connectivity index (χ0) is 61.6. The van der Waals surface area contributed by atoms with Crippen LogP contribution < -0.4 is 21.8 Å².